The Kier molecular flexibility index (Phi) is 5.41. The third-order valence-corrected chi connectivity index (χ3v) is 13.6. The minimum absolute atomic E-state index is 1.17. The van der Waals surface area contributed by atoms with E-state index in [-0.39, 0.29) is 0 Å². The number of fused-ring (bicyclic) bond motifs is 18. The van der Waals surface area contributed by atoms with Crippen molar-refractivity contribution in [1.82, 2.24) is 13.4 Å². The average molecular weight is 746 g/mol. The van der Waals surface area contributed by atoms with Gasteiger partial charge in [0.1, 0.15) is 0 Å². The average Bonchev–Trinajstić information content (AvgIpc) is 4.08. The lowest BCUT2D eigenvalue weighted by molar-refractivity contribution is 1.18. The maximum atomic E-state index is 2.61. The van der Waals surface area contributed by atoms with Crippen LogP contribution in [0.4, 0.5) is 0 Å². The molecular formula is C56H31N3. The number of aromatic nitrogens is 3. The second-order valence-electron chi connectivity index (χ2n) is 16.5. The first-order chi connectivity index (χ1) is 29.3. The topological polar surface area (TPSA) is 13.8 Å². The van der Waals surface area contributed by atoms with Crippen LogP contribution in [-0.2, 0) is 0 Å². The molecule has 0 saturated heterocycles. The second-order valence-corrected chi connectivity index (χ2v) is 16.5. The zero-order valence-electron chi connectivity index (χ0n) is 31.7. The molecule has 10 aromatic carbocycles. The lowest BCUT2D eigenvalue weighted by Crippen LogP contribution is -1.93. The van der Waals surface area contributed by atoms with Crippen molar-refractivity contribution in [2.75, 3.05) is 0 Å². The van der Waals surface area contributed by atoms with Crippen molar-refractivity contribution in [2.45, 2.75) is 0 Å². The monoisotopic (exact) mass is 745 g/mol. The summed E-state index contributed by atoms with van der Waals surface area (Å²) in [5.41, 5.74) is 13.7. The molecule has 0 amide bonds. The lowest BCUT2D eigenvalue weighted by Gasteiger charge is -2.09. The summed E-state index contributed by atoms with van der Waals surface area (Å²) in [5, 5.41) is 18.1. The van der Waals surface area contributed by atoms with E-state index in [2.05, 4.69) is 201 Å². The highest BCUT2D eigenvalue weighted by molar-refractivity contribution is 6.34. The van der Waals surface area contributed by atoms with Crippen molar-refractivity contribution in [1.29, 1.82) is 0 Å². The standard InChI is InChI=1S/C56H31N3/c1-2-15-36(16-3-1)57-48-23-9-8-18-39(48)43-27-35(24-25-49(43)57)38-19-10-22-42-53-37-17-7-6-14-34(37)28-47-46-31-51-45(30-52(46)59(54(38)42)56(47)53)41-21-11-20-40-44-26-32-12-4-5-13-33(32)29-50(44)58(51)55(40)41/h1-31H. The Balaban J connectivity index is 1.10. The molecule has 0 aliphatic carbocycles. The molecule has 0 aliphatic rings. The van der Waals surface area contributed by atoms with E-state index in [1.165, 1.54) is 136 Å². The van der Waals surface area contributed by atoms with E-state index >= 15 is 0 Å². The normalized spacial score (nSPS) is 12.7. The van der Waals surface area contributed by atoms with E-state index in [0.29, 0.717) is 0 Å². The molecule has 5 heterocycles. The number of rotatable bonds is 2. The highest BCUT2D eigenvalue weighted by Gasteiger charge is 2.25. The van der Waals surface area contributed by atoms with Gasteiger partial charge in [0.25, 0.3) is 0 Å². The third-order valence-electron chi connectivity index (χ3n) is 13.6. The first kappa shape index (κ1) is 30.3. The Bertz CT molecular complexity index is 4290. The van der Waals surface area contributed by atoms with Crippen molar-refractivity contribution in [2.24, 2.45) is 0 Å². The van der Waals surface area contributed by atoms with Crippen LogP contribution in [0.3, 0.4) is 0 Å². The molecule has 3 heteroatoms. The predicted molar refractivity (Wildman–Crippen MR) is 251 cm³/mol. The molecule has 15 rings (SSSR count). The van der Waals surface area contributed by atoms with Crippen molar-refractivity contribution in [3.8, 4) is 16.8 Å². The summed E-state index contributed by atoms with van der Waals surface area (Å²) in [6.07, 6.45) is 0. The fourth-order valence-corrected chi connectivity index (χ4v) is 11.2. The number of hydrogen-bond acceptors (Lipinski definition) is 0. The quantitative estimate of drug-likeness (QED) is 0.167. The van der Waals surface area contributed by atoms with E-state index in [1.54, 1.807) is 0 Å². The molecule has 0 radical (unpaired) electrons. The van der Waals surface area contributed by atoms with Crippen LogP contribution < -0.4 is 0 Å². The van der Waals surface area contributed by atoms with Crippen LogP contribution in [0.5, 0.6) is 0 Å². The Morgan fingerprint density at radius 2 is 0.847 bits per heavy atom. The predicted octanol–water partition coefficient (Wildman–Crippen LogP) is 15.1. The minimum atomic E-state index is 1.17. The van der Waals surface area contributed by atoms with Gasteiger partial charge in [0.2, 0.25) is 0 Å². The van der Waals surface area contributed by atoms with Crippen LogP contribution in [0, 0.1) is 0 Å². The molecule has 0 spiro atoms. The summed E-state index contributed by atoms with van der Waals surface area (Å²) in [5.74, 6) is 0. The molecule has 0 saturated carbocycles. The summed E-state index contributed by atoms with van der Waals surface area (Å²) < 4.78 is 7.55. The van der Waals surface area contributed by atoms with Crippen LogP contribution >= 0.6 is 0 Å². The first-order valence-corrected chi connectivity index (χ1v) is 20.5. The first-order valence-electron chi connectivity index (χ1n) is 20.5. The summed E-state index contributed by atoms with van der Waals surface area (Å²) in [6, 6.07) is 70.4. The molecular weight excluding hydrogens is 715 g/mol. The molecule has 3 nitrogen and oxygen atoms in total. The zero-order valence-corrected chi connectivity index (χ0v) is 31.7. The van der Waals surface area contributed by atoms with Crippen LogP contribution in [0.2, 0.25) is 0 Å². The Hall–Kier alpha value is -7.88. The van der Waals surface area contributed by atoms with Crippen molar-refractivity contribution >= 4 is 120 Å². The number of nitrogens with zero attached hydrogens (tertiary/aromatic N) is 3. The molecule has 15 aromatic rings. The zero-order chi connectivity index (χ0) is 38.1. The van der Waals surface area contributed by atoms with E-state index in [0.717, 1.165) is 0 Å². The van der Waals surface area contributed by atoms with Gasteiger partial charge < -0.3 is 13.4 Å². The third kappa shape index (κ3) is 3.66. The molecule has 0 aliphatic heterocycles. The summed E-state index contributed by atoms with van der Waals surface area (Å²) in [4.78, 5) is 0. The summed E-state index contributed by atoms with van der Waals surface area (Å²) >= 11 is 0. The highest BCUT2D eigenvalue weighted by Crippen LogP contribution is 2.49. The van der Waals surface area contributed by atoms with Gasteiger partial charge in [-0.1, -0.05) is 127 Å². The molecule has 0 atom stereocenters. The van der Waals surface area contributed by atoms with E-state index < -0.39 is 0 Å². The van der Waals surface area contributed by atoms with Gasteiger partial charge in [-0.15, -0.1) is 0 Å². The molecule has 0 unspecified atom stereocenters. The van der Waals surface area contributed by atoms with Gasteiger partial charge in [-0.05, 0) is 87.8 Å². The van der Waals surface area contributed by atoms with Gasteiger partial charge in [0, 0.05) is 65.1 Å². The molecule has 59 heavy (non-hydrogen) atoms. The highest BCUT2D eigenvalue weighted by atomic mass is 15.0. The molecule has 0 fully saturated rings. The SMILES string of the molecule is c1ccc(-n2c3ccccc3c3cc(-c4cccc5c6c7ccccc7cc7c8cc9c(cc8n(c45)c76)c4cccc5c6cc7ccccc7cc6n9c54)ccc32)cc1. The maximum Gasteiger partial charge on any atom is 0.0627 e. The molecule has 5 aromatic heterocycles. The fourth-order valence-electron chi connectivity index (χ4n) is 11.2. The molecule has 0 N–H and O–H groups in total. The molecule has 0 bridgehead atoms. The molecule has 270 valence electrons. The van der Waals surface area contributed by atoms with Crippen LogP contribution in [0.25, 0.3) is 136 Å². The van der Waals surface area contributed by atoms with Crippen LogP contribution in [0.1, 0.15) is 0 Å². The van der Waals surface area contributed by atoms with Gasteiger partial charge >= 0.3 is 0 Å². The van der Waals surface area contributed by atoms with Gasteiger partial charge in [-0.2, -0.15) is 0 Å². The maximum absolute atomic E-state index is 2.61. The van der Waals surface area contributed by atoms with Crippen molar-refractivity contribution in [3.05, 3.63) is 188 Å². The second kappa shape index (κ2) is 10.5. The van der Waals surface area contributed by atoms with Crippen LogP contribution in [-0.4, -0.2) is 13.4 Å². The van der Waals surface area contributed by atoms with Gasteiger partial charge in [-0.3, -0.25) is 0 Å². The Morgan fingerprint density at radius 1 is 0.271 bits per heavy atom. The minimum Gasteiger partial charge on any atom is -0.309 e. The lowest BCUT2D eigenvalue weighted by atomic mass is 9.97. The largest absolute Gasteiger partial charge is 0.309 e. The Morgan fingerprint density at radius 3 is 1.69 bits per heavy atom. The summed E-state index contributed by atoms with van der Waals surface area (Å²) in [7, 11) is 0. The Labute approximate surface area is 336 Å². The number of benzene rings is 10. The summed E-state index contributed by atoms with van der Waals surface area (Å²) in [6.45, 7) is 0. The van der Waals surface area contributed by atoms with Gasteiger partial charge in [0.15, 0.2) is 0 Å². The number of hydrogen-bond donors (Lipinski definition) is 0. The van der Waals surface area contributed by atoms with Crippen molar-refractivity contribution in [3.63, 3.8) is 0 Å². The van der Waals surface area contributed by atoms with E-state index in [4.69, 9.17) is 0 Å². The van der Waals surface area contributed by atoms with Crippen molar-refractivity contribution < 1.29 is 0 Å². The van der Waals surface area contributed by atoms with Gasteiger partial charge in [0.05, 0.1) is 44.1 Å². The van der Waals surface area contributed by atoms with E-state index in [1.807, 2.05) is 0 Å². The number of para-hydroxylation sites is 4. The van der Waals surface area contributed by atoms with Gasteiger partial charge in [-0.25, -0.2) is 0 Å². The fraction of sp³-hybridized carbons (Fsp3) is 0. The smallest absolute Gasteiger partial charge is 0.0627 e. The van der Waals surface area contributed by atoms with E-state index in [9.17, 15) is 0 Å². The van der Waals surface area contributed by atoms with Crippen LogP contribution in [0.15, 0.2) is 188 Å².